The molecule has 0 atom stereocenters. The predicted molar refractivity (Wildman–Crippen MR) is 139 cm³/mol. The largest absolute Gasteiger partial charge is 0.493 e. The van der Waals surface area contributed by atoms with Gasteiger partial charge in [0, 0.05) is 23.3 Å². The van der Waals surface area contributed by atoms with Crippen molar-refractivity contribution in [2.24, 2.45) is 0 Å². The molecule has 36 heavy (non-hydrogen) atoms. The second-order valence-electron chi connectivity index (χ2n) is 8.05. The molecule has 4 aromatic carbocycles. The topological polar surface area (TPSA) is 78.9 Å². The third-order valence-corrected chi connectivity index (χ3v) is 5.71. The fourth-order valence-electron chi connectivity index (χ4n) is 3.91. The Morgan fingerprint density at radius 1 is 0.806 bits per heavy atom. The van der Waals surface area contributed by atoms with Crippen molar-refractivity contribution in [1.29, 1.82) is 0 Å². The number of methoxy groups -OCH3 is 2. The molecular weight excluding hydrogens is 456 g/mol. The number of ether oxygens (including phenoxy) is 4. The third kappa shape index (κ3) is 5.00. The van der Waals surface area contributed by atoms with Crippen LogP contribution in [0.4, 0.5) is 10.5 Å². The monoisotopic (exact) mass is 480 g/mol. The average Bonchev–Trinajstić information content (AvgIpc) is 2.92. The van der Waals surface area contributed by atoms with E-state index in [0.29, 0.717) is 28.7 Å². The molecule has 0 saturated heterocycles. The smallest absolute Gasteiger partial charge is 0.411 e. The first-order chi connectivity index (χ1) is 17.6. The summed E-state index contributed by atoms with van der Waals surface area (Å²) in [4.78, 5) is 16.6. The summed E-state index contributed by atoms with van der Waals surface area (Å²) in [6.45, 7) is 0.212. The van der Waals surface area contributed by atoms with Crippen molar-refractivity contribution >= 4 is 33.5 Å². The summed E-state index contributed by atoms with van der Waals surface area (Å²) in [5, 5.41) is 5.51. The SMILES string of the molecule is COc1cc2nccc(Oc3ccc4cc(NC(=O)OCc5ccccc5)ccc4c3)c2cc1OC. The van der Waals surface area contributed by atoms with E-state index in [1.54, 1.807) is 20.4 Å². The van der Waals surface area contributed by atoms with Gasteiger partial charge in [-0.25, -0.2) is 4.79 Å². The van der Waals surface area contributed by atoms with Gasteiger partial charge in [0.2, 0.25) is 0 Å². The molecule has 7 heteroatoms. The molecule has 1 aromatic heterocycles. The van der Waals surface area contributed by atoms with Crippen molar-refractivity contribution in [3.63, 3.8) is 0 Å². The summed E-state index contributed by atoms with van der Waals surface area (Å²) >= 11 is 0. The van der Waals surface area contributed by atoms with Crippen molar-refractivity contribution in [3.05, 3.63) is 96.7 Å². The zero-order chi connectivity index (χ0) is 24.9. The molecule has 0 saturated carbocycles. The van der Waals surface area contributed by atoms with Crippen molar-refractivity contribution in [2.75, 3.05) is 19.5 Å². The van der Waals surface area contributed by atoms with E-state index in [2.05, 4.69) is 10.3 Å². The summed E-state index contributed by atoms with van der Waals surface area (Å²) in [7, 11) is 3.18. The summed E-state index contributed by atoms with van der Waals surface area (Å²) in [6, 6.07) is 26.4. The van der Waals surface area contributed by atoms with Crippen LogP contribution in [0.2, 0.25) is 0 Å². The molecule has 7 nitrogen and oxygen atoms in total. The van der Waals surface area contributed by atoms with Crippen LogP contribution in [0.3, 0.4) is 0 Å². The van der Waals surface area contributed by atoms with Crippen molar-refractivity contribution in [2.45, 2.75) is 6.61 Å². The Hall–Kier alpha value is -4.78. The Morgan fingerprint density at radius 3 is 2.36 bits per heavy atom. The predicted octanol–water partition coefficient (Wildman–Crippen LogP) is 6.95. The number of hydrogen-bond donors (Lipinski definition) is 1. The number of fused-ring (bicyclic) bond motifs is 2. The Bertz CT molecular complexity index is 1540. The van der Waals surface area contributed by atoms with Gasteiger partial charge in [-0.1, -0.05) is 42.5 Å². The van der Waals surface area contributed by atoms with Crippen LogP contribution in [0, 0.1) is 0 Å². The van der Waals surface area contributed by atoms with Gasteiger partial charge < -0.3 is 18.9 Å². The minimum atomic E-state index is -0.505. The lowest BCUT2D eigenvalue weighted by atomic mass is 10.1. The number of amides is 1. The van der Waals surface area contributed by atoms with Crippen molar-refractivity contribution in [3.8, 4) is 23.0 Å². The number of nitrogens with zero attached hydrogens (tertiary/aromatic N) is 1. The van der Waals surface area contributed by atoms with E-state index in [0.717, 1.165) is 27.2 Å². The van der Waals surface area contributed by atoms with Crippen LogP contribution in [-0.4, -0.2) is 25.3 Å². The van der Waals surface area contributed by atoms with E-state index in [-0.39, 0.29) is 6.61 Å². The molecule has 0 aliphatic rings. The minimum absolute atomic E-state index is 0.212. The van der Waals surface area contributed by atoms with E-state index in [1.807, 2.05) is 84.9 Å². The molecule has 1 N–H and O–H groups in total. The first-order valence-corrected chi connectivity index (χ1v) is 11.3. The zero-order valence-corrected chi connectivity index (χ0v) is 19.9. The quantitative estimate of drug-likeness (QED) is 0.272. The Kier molecular flexibility index (Phi) is 6.53. The molecule has 0 unspecified atom stereocenters. The molecule has 0 fully saturated rings. The number of carbonyl (C=O) groups excluding carboxylic acids is 1. The zero-order valence-electron chi connectivity index (χ0n) is 19.9. The number of pyridine rings is 1. The number of aromatic nitrogens is 1. The minimum Gasteiger partial charge on any atom is -0.493 e. The highest BCUT2D eigenvalue weighted by Crippen LogP contribution is 2.37. The Labute approximate surface area is 208 Å². The van der Waals surface area contributed by atoms with E-state index >= 15 is 0 Å². The molecule has 180 valence electrons. The normalized spacial score (nSPS) is 10.7. The Morgan fingerprint density at radius 2 is 1.56 bits per heavy atom. The lowest BCUT2D eigenvalue weighted by Gasteiger charge is -2.13. The highest BCUT2D eigenvalue weighted by Gasteiger charge is 2.12. The molecule has 0 aliphatic carbocycles. The van der Waals surface area contributed by atoms with Gasteiger partial charge in [-0.05, 0) is 52.7 Å². The van der Waals surface area contributed by atoms with Crippen LogP contribution >= 0.6 is 0 Å². The highest BCUT2D eigenvalue weighted by atomic mass is 16.5. The first kappa shape index (κ1) is 23.0. The maximum atomic E-state index is 12.2. The number of nitrogens with one attached hydrogen (secondary N) is 1. The fourth-order valence-corrected chi connectivity index (χ4v) is 3.91. The standard InChI is InChI=1S/C29H24N2O5/c1-33-27-16-24-25(17-28(27)34-2)30-13-12-26(24)36-23-11-9-20-14-22(10-8-21(20)15-23)31-29(32)35-18-19-6-4-3-5-7-19/h3-17H,18H2,1-2H3,(H,31,32). The summed E-state index contributed by atoms with van der Waals surface area (Å²) in [6.07, 6.45) is 1.19. The highest BCUT2D eigenvalue weighted by molar-refractivity contribution is 5.92. The molecule has 0 aliphatic heterocycles. The van der Waals surface area contributed by atoms with Crippen molar-refractivity contribution in [1.82, 2.24) is 4.98 Å². The average molecular weight is 481 g/mol. The van der Waals surface area contributed by atoms with Crippen LogP contribution in [0.15, 0.2) is 91.1 Å². The van der Waals surface area contributed by atoms with Crippen LogP contribution in [0.1, 0.15) is 5.56 Å². The van der Waals surface area contributed by atoms with Gasteiger partial charge >= 0.3 is 6.09 Å². The molecule has 5 aromatic rings. The van der Waals surface area contributed by atoms with E-state index in [1.165, 1.54) is 0 Å². The molecule has 0 bridgehead atoms. The maximum absolute atomic E-state index is 12.2. The number of rotatable bonds is 7. The number of hydrogen-bond acceptors (Lipinski definition) is 6. The number of carbonyl (C=O) groups is 1. The molecule has 5 rings (SSSR count). The van der Waals surface area contributed by atoms with Gasteiger partial charge in [-0.3, -0.25) is 10.3 Å². The van der Waals surface area contributed by atoms with Crippen molar-refractivity contribution < 1.29 is 23.7 Å². The number of benzene rings is 4. The third-order valence-electron chi connectivity index (χ3n) is 5.71. The lowest BCUT2D eigenvalue weighted by Crippen LogP contribution is -2.13. The van der Waals surface area contributed by atoms with Gasteiger partial charge in [0.25, 0.3) is 0 Å². The lowest BCUT2D eigenvalue weighted by molar-refractivity contribution is 0.155. The second-order valence-corrected chi connectivity index (χ2v) is 8.05. The van der Waals surface area contributed by atoms with Crippen LogP contribution in [0.5, 0.6) is 23.0 Å². The maximum Gasteiger partial charge on any atom is 0.411 e. The molecule has 1 amide bonds. The summed E-state index contributed by atoms with van der Waals surface area (Å²) in [5.41, 5.74) is 2.31. The van der Waals surface area contributed by atoms with Gasteiger partial charge in [-0.15, -0.1) is 0 Å². The molecule has 0 spiro atoms. The van der Waals surface area contributed by atoms with Gasteiger partial charge in [0.05, 0.1) is 19.7 Å². The van der Waals surface area contributed by atoms with Gasteiger partial charge in [0.15, 0.2) is 11.5 Å². The van der Waals surface area contributed by atoms with Crippen LogP contribution in [-0.2, 0) is 11.3 Å². The molecular formula is C29H24N2O5. The van der Waals surface area contributed by atoms with Gasteiger partial charge in [0.1, 0.15) is 18.1 Å². The molecule has 0 radical (unpaired) electrons. The first-order valence-electron chi connectivity index (χ1n) is 11.3. The van der Waals surface area contributed by atoms with Crippen LogP contribution < -0.4 is 19.5 Å². The summed E-state index contributed by atoms with van der Waals surface area (Å²) < 4.78 is 22.3. The summed E-state index contributed by atoms with van der Waals surface area (Å²) in [5.74, 6) is 2.53. The second kappa shape index (κ2) is 10.2. The van der Waals surface area contributed by atoms with E-state index in [4.69, 9.17) is 18.9 Å². The number of anilines is 1. The van der Waals surface area contributed by atoms with E-state index in [9.17, 15) is 4.79 Å². The van der Waals surface area contributed by atoms with Gasteiger partial charge in [-0.2, -0.15) is 0 Å². The fraction of sp³-hybridized carbons (Fsp3) is 0.103. The molecule has 1 heterocycles. The Balaban J connectivity index is 1.32. The van der Waals surface area contributed by atoms with Crippen LogP contribution in [0.25, 0.3) is 21.7 Å². The van der Waals surface area contributed by atoms with E-state index < -0.39 is 6.09 Å².